The first kappa shape index (κ1) is 33.9. The molecular weight excluding hydrogens is 741 g/mol. The molecule has 0 saturated heterocycles. The van der Waals surface area contributed by atoms with E-state index in [2.05, 4.69) is 208 Å². The van der Waals surface area contributed by atoms with Gasteiger partial charge in [0, 0.05) is 31.0 Å². The Bertz CT molecular complexity index is 3740. The quantitative estimate of drug-likeness (QED) is 0.157. The van der Waals surface area contributed by atoms with Crippen molar-refractivity contribution in [1.29, 1.82) is 0 Å². The van der Waals surface area contributed by atoms with Gasteiger partial charge in [0.25, 0.3) is 0 Å². The summed E-state index contributed by atoms with van der Waals surface area (Å²) in [5.41, 5.74) is 13.2. The van der Waals surface area contributed by atoms with Gasteiger partial charge in [0.15, 0.2) is 0 Å². The molecule has 0 unspecified atom stereocenters. The van der Waals surface area contributed by atoms with Gasteiger partial charge in [0.1, 0.15) is 0 Å². The number of hydrogen-bond acceptors (Lipinski definition) is 1. The van der Waals surface area contributed by atoms with Crippen LogP contribution in [0.3, 0.4) is 0 Å². The van der Waals surface area contributed by atoms with Crippen molar-refractivity contribution in [2.75, 3.05) is 0 Å². The molecule has 60 heavy (non-hydrogen) atoms. The zero-order valence-electron chi connectivity index (χ0n) is 33.4. The third kappa shape index (κ3) is 4.61. The van der Waals surface area contributed by atoms with Crippen LogP contribution in [0.1, 0.15) is 25.0 Å². The maximum Gasteiger partial charge on any atom is 0.0434 e. The van der Waals surface area contributed by atoms with Crippen LogP contribution in [0.5, 0.6) is 0 Å². The normalized spacial score (nSPS) is 13.3. The maximum absolute atomic E-state index is 2.45. The highest BCUT2D eigenvalue weighted by Gasteiger charge is 2.37. The molecule has 1 aromatic heterocycles. The van der Waals surface area contributed by atoms with E-state index in [1.165, 1.54) is 130 Å². The minimum Gasteiger partial charge on any atom is -0.135 e. The first-order valence-corrected chi connectivity index (χ1v) is 21.8. The Hall–Kier alpha value is -7.06. The van der Waals surface area contributed by atoms with E-state index in [4.69, 9.17) is 0 Å². The highest BCUT2D eigenvalue weighted by molar-refractivity contribution is 7.26. The van der Waals surface area contributed by atoms with E-state index in [9.17, 15) is 0 Å². The highest BCUT2D eigenvalue weighted by atomic mass is 32.1. The van der Waals surface area contributed by atoms with Crippen LogP contribution in [-0.4, -0.2) is 0 Å². The minimum absolute atomic E-state index is 0.0248. The number of fused-ring (bicyclic) bond motifs is 13. The van der Waals surface area contributed by atoms with Crippen LogP contribution in [0.25, 0.3) is 119 Å². The van der Waals surface area contributed by atoms with Crippen molar-refractivity contribution in [2.45, 2.75) is 19.3 Å². The van der Waals surface area contributed by atoms with Gasteiger partial charge < -0.3 is 0 Å². The second-order valence-electron chi connectivity index (χ2n) is 17.1. The number of rotatable bonds is 3. The molecule has 13 rings (SSSR count). The number of benzene rings is 11. The fraction of sp³-hybridized carbons (Fsp3) is 0.0508. The van der Waals surface area contributed by atoms with Crippen LogP contribution >= 0.6 is 11.3 Å². The van der Waals surface area contributed by atoms with E-state index in [-0.39, 0.29) is 5.41 Å². The third-order valence-electron chi connectivity index (χ3n) is 13.7. The Morgan fingerprint density at radius 3 is 1.60 bits per heavy atom. The Morgan fingerprint density at radius 1 is 0.333 bits per heavy atom. The lowest BCUT2D eigenvalue weighted by Gasteiger charge is -2.21. The van der Waals surface area contributed by atoms with Crippen LogP contribution in [0.2, 0.25) is 0 Å². The number of hydrogen-bond donors (Lipinski definition) is 0. The van der Waals surface area contributed by atoms with Crippen LogP contribution in [0.15, 0.2) is 194 Å². The molecule has 0 N–H and O–H groups in total. The second kappa shape index (κ2) is 12.5. The summed E-state index contributed by atoms with van der Waals surface area (Å²) in [6.07, 6.45) is 0. The Balaban J connectivity index is 1.03. The summed E-state index contributed by atoms with van der Waals surface area (Å²) in [5, 5.41) is 15.5. The van der Waals surface area contributed by atoms with Crippen LogP contribution < -0.4 is 0 Å². The fourth-order valence-corrected chi connectivity index (χ4v) is 12.2. The van der Waals surface area contributed by atoms with Crippen LogP contribution in [0.4, 0.5) is 0 Å². The largest absolute Gasteiger partial charge is 0.135 e. The van der Waals surface area contributed by atoms with Crippen molar-refractivity contribution in [3.8, 4) is 44.5 Å². The summed E-state index contributed by atoms with van der Waals surface area (Å²) < 4.78 is 2.72. The van der Waals surface area contributed by atoms with Gasteiger partial charge in [-0.25, -0.2) is 0 Å². The van der Waals surface area contributed by atoms with Gasteiger partial charge in [-0.2, -0.15) is 0 Å². The van der Waals surface area contributed by atoms with Gasteiger partial charge in [-0.05, 0) is 116 Å². The monoisotopic (exact) mass is 778 g/mol. The predicted octanol–water partition coefficient (Wildman–Crippen LogP) is 17.1. The zero-order chi connectivity index (χ0) is 39.7. The first-order valence-electron chi connectivity index (χ1n) is 21.0. The molecule has 0 spiro atoms. The molecule has 0 radical (unpaired) electrons. The van der Waals surface area contributed by atoms with Crippen molar-refractivity contribution < 1.29 is 0 Å². The van der Waals surface area contributed by atoms with Gasteiger partial charge >= 0.3 is 0 Å². The van der Waals surface area contributed by atoms with E-state index in [0.717, 1.165) is 0 Å². The third-order valence-corrected chi connectivity index (χ3v) is 14.9. The van der Waals surface area contributed by atoms with Crippen molar-refractivity contribution in [1.82, 2.24) is 0 Å². The summed E-state index contributed by atoms with van der Waals surface area (Å²) >= 11 is 1.94. The van der Waals surface area contributed by atoms with Crippen molar-refractivity contribution >= 4 is 85.4 Å². The summed E-state index contributed by atoms with van der Waals surface area (Å²) in [5.74, 6) is 0. The summed E-state index contributed by atoms with van der Waals surface area (Å²) in [6, 6.07) is 72.9. The predicted molar refractivity (Wildman–Crippen MR) is 261 cm³/mol. The van der Waals surface area contributed by atoms with E-state index in [0.29, 0.717) is 0 Å². The second-order valence-corrected chi connectivity index (χ2v) is 18.1. The van der Waals surface area contributed by atoms with Crippen molar-refractivity contribution in [2.24, 2.45) is 0 Å². The summed E-state index contributed by atoms with van der Waals surface area (Å²) in [7, 11) is 0. The molecule has 12 aromatic rings. The maximum atomic E-state index is 2.45. The molecule has 0 bridgehead atoms. The Labute approximate surface area is 352 Å². The number of thiophene rings is 1. The zero-order valence-corrected chi connectivity index (χ0v) is 34.2. The highest BCUT2D eigenvalue weighted by Crippen LogP contribution is 2.55. The topological polar surface area (TPSA) is 0 Å². The molecule has 1 aliphatic rings. The van der Waals surface area contributed by atoms with Gasteiger partial charge in [0.05, 0.1) is 0 Å². The van der Waals surface area contributed by atoms with E-state index in [1.54, 1.807) is 0 Å². The van der Waals surface area contributed by atoms with Crippen molar-refractivity contribution in [3.05, 3.63) is 205 Å². The van der Waals surface area contributed by atoms with E-state index < -0.39 is 0 Å². The Morgan fingerprint density at radius 2 is 0.867 bits per heavy atom. The smallest absolute Gasteiger partial charge is 0.0434 e. The molecule has 280 valence electrons. The molecule has 0 nitrogen and oxygen atoms in total. The molecule has 1 heterocycles. The molecule has 0 amide bonds. The average molecular weight is 779 g/mol. The van der Waals surface area contributed by atoms with Gasteiger partial charge in [0.2, 0.25) is 0 Å². The Kier molecular flexibility index (Phi) is 7.04. The molecule has 0 aliphatic heterocycles. The lowest BCUT2D eigenvalue weighted by Crippen LogP contribution is -2.14. The van der Waals surface area contributed by atoms with Crippen molar-refractivity contribution in [3.63, 3.8) is 0 Å². The summed E-state index contributed by atoms with van der Waals surface area (Å²) in [6.45, 7) is 4.75. The molecular formula is C59H38S. The van der Waals surface area contributed by atoms with Gasteiger partial charge in [-0.1, -0.05) is 196 Å². The molecule has 1 aliphatic carbocycles. The molecule has 0 fully saturated rings. The standard InChI is InChI=1S/C59H38S/c1-59(2)51-25-12-11-23-48(51)56-52(59)32-33-53-57(56)49-29-28-36-26-27-37(34-50(36)58(49)60-53)39-30-31-47(41-18-6-5-17-40(39)41)55-45-21-9-7-19-43(45)54(44-20-8-10-22-46(44)55)42-24-13-15-35-14-3-4-16-38(35)42/h3-34H,1-2H3. The first-order chi connectivity index (χ1) is 29.5. The SMILES string of the molecule is CC1(C)c2ccccc2-c2c1ccc1sc3c4cc(-c5ccc(-c6c7ccccc7c(-c7cccc8ccccc78)c7ccccc67)c6ccccc56)ccc4ccc3c21. The molecule has 11 aromatic carbocycles. The molecule has 1 heteroatoms. The lowest BCUT2D eigenvalue weighted by molar-refractivity contribution is 0.661. The molecule has 0 saturated carbocycles. The summed E-state index contributed by atoms with van der Waals surface area (Å²) in [4.78, 5) is 0. The van der Waals surface area contributed by atoms with E-state index in [1.807, 2.05) is 11.3 Å². The van der Waals surface area contributed by atoms with Gasteiger partial charge in [-0.3, -0.25) is 0 Å². The van der Waals surface area contributed by atoms with Gasteiger partial charge in [-0.15, -0.1) is 11.3 Å². The minimum atomic E-state index is -0.0248. The lowest BCUT2D eigenvalue weighted by atomic mass is 9.82. The average Bonchev–Trinajstić information content (AvgIpc) is 3.80. The molecule has 0 atom stereocenters. The van der Waals surface area contributed by atoms with Crippen LogP contribution in [-0.2, 0) is 5.41 Å². The fourth-order valence-electron chi connectivity index (χ4n) is 10.9. The van der Waals surface area contributed by atoms with Crippen LogP contribution in [0, 0.1) is 0 Å². The van der Waals surface area contributed by atoms with E-state index >= 15 is 0 Å².